The molecule has 0 spiro atoms. The average Bonchev–Trinajstić information content (AvgIpc) is 1.87. The Bertz CT molecular complexity index is 4920. The molecule has 0 aliphatic rings. The van der Waals surface area contributed by atoms with Crippen LogP contribution in [0.4, 0.5) is 34.1 Å². The summed E-state index contributed by atoms with van der Waals surface area (Å²) in [6.07, 6.45) is 0. The number of fused-ring (bicyclic) bond motifs is 14. The van der Waals surface area contributed by atoms with Gasteiger partial charge in [0.15, 0.2) is 11.2 Å². The molecule has 0 aliphatic heterocycles. The number of hydrogen-bond donors (Lipinski definition) is 0. The summed E-state index contributed by atoms with van der Waals surface area (Å²) in [6.45, 7) is 22.3. The van der Waals surface area contributed by atoms with Crippen LogP contribution < -0.4 is 9.80 Å². The fourth-order valence-electron chi connectivity index (χ4n) is 13.1. The number of nitriles is 1. The lowest BCUT2D eigenvalue weighted by Gasteiger charge is -2.26. The van der Waals surface area contributed by atoms with Crippen LogP contribution in [0.3, 0.4) is 0 Å². The highest BCUT2D eigenvalue weighted by Crippen LogP contribution is 2.49. The van der Waals surface area contributed by atoms with Crippen LogP contribution in [-0.4, -0.2) is 0 Å². The first-order valence-electron chi connectivity index (χ1n) is 29.3. The molecule has 0 aliphatic carbocycles. The van der Waals surface area contributed by atoms with Crippen LogP contribution >= 0.6 is 0 Å². The molecule has 0 fully saturated rings. The molecule has 410 valence electrons. The van der Waals surface area contributed by atoms with Gasteiger partial charge in [-0.05, 0) is 140 Å². The van der Waals surface area contributed by atoms with Gasteiger partial charge >= 0.3 is 0 Å². The Morgan fingerprint density at radius 3 is 1.12 bits per heavy atom. The van der Waals surface area contributed by atoms with Crippen molar-refractivity contribution < 1.29 is 17.7 Å². The van der Waals surface area contributed by atoms with Crippen molar-refractivity contribution in [1.82, 2.24) is 0 Å². The van der Waals surface area contributed by atoms with Crippen molar-refractivity contribution in [3.8, 4) is 6.07 Å². The van der Waals surface area contributed by atoms with Gasteiger partial charge in [0.05, 0.1) is 16.9 Å². The summed E-state index contributed by atoms with van der Waals surface area (Å²) < 4.78 is 27.5. The molecule has 0 N–H and O–H groups in total. The van der Waals surface area contributed by atoms with Crippen LogP contribution in [0.2, 0.25) is 0 Å². The first-order valence-corrected chi connectivity index (χ1v) is 29.3. The Hall–Kier alpha value is -9.77. The SMILES string of the molecule is CC(C)c1ccc(N(c2ccc3cc4c(cc3c2)oc2cc3oc5cc6cc(N(c7ccc(C(C)C)cc7)c7cccc8c7oc7c(C(C)(C)C)cccc78)ccc6cc5c3c(C#N)c24)c2cccc3c2oc2c(C(C)(C)C)cccc23)cc1. The zero-order chi connectivity index (χ0) is 57.7. The predicted molar refractivity (Wildman–Crippen MR) is 350 cm³/mol. The summed E-state index contributed by atoms with van der Waals surface area (Å²) in [6, 6.07) is 69.9. The van der Waals surface area contributed by atoms with Crippen molar-refractivity contribution in [3.05, 3.63) is 216 Å². The highest BCUT2D eigenvalue weighted by atomic mass is 16.3. The van der Waals surface area contributed by atoms with Gasteiger partial charge < -0.3 is 27.5 Å². The Kier molecular flexibility index (Phi) is 11.3. The highest BCUT2D eigenvalue weighted by Gasteiger charge is 2.28. The third kappa shape index (κ3) is 7.99. The molecule has 7 nitrogen and oxygen atoms in total. The summed E-state index contributed by atoms with van der Waals surface area (Å²) in [5, 5.41) is 23.0. The molecule has 4 heterocycles. The number of rotatable bonds is 8. The molecular weight excluding hydrogens is 1030 g/mol. The molecule has 7 heteroatoms. The van der Waals surface area contributed by atoms with E-state index in [4.69, 9.17) is 17.7 Å². The molecule has 0 saturated heterocycles. The number of nitrogens with zero attached hydrogens (tertiary/aromatic N) is 3. The van der Waals surface area contributed by atoms with Crippen LogP contribution in [0.5, 0.6) is 0 Å². The minimum Gasteiger partial charge on any atom is -0.456 e. The van der Waals surface area contributed by atoms with E-state index in [2.05, 4.69) is 267 Å². The van der Waals surface area contributed by atoms with Gasteiger partial charge in [0.2, 0.25) is 0 Å². The third-order valence-corrected chi connectivity index (χ3v) is 17.4. The molecule has 4 aromatic heterocycles. The lowest BCUT2D eigenvalue weighted by atomic mass is 9.86. The fraction of sp³-hybridized carbons (Fsp3) is 0.182. The Labute approximate surface area is 487 Å². The summed E-state index contributed by atoms with van der Waals surface area (Å²) in [5.41, 5.74) is 17.2. The van der Waals surface area contributed by atoms with Crippen LogP contribution in [0.1, 0.15) is 109 Å². The molecule has 0 amide bonds. The number of furan rings is 4. The van der Waals surface area contributed by atoms with E-state index >= 15 is 0 Å². The normalized spacial score (nSPS) is 12.6. The number of para-hydroxylation sites is 4. The predicted octanol–water partition coefficient (Wildman–Crippen LogP) is 23.2. The molecule has 84 heavy (non-hydrogen) atoms. The van der Waals surface area contributed by atoms with Gasteiger partial charge in [0.1, 0.15) is 39.6 Å². The van der Waals surface area contributed by atoms with Crippen molar-refractivity contribution >= 4 is 143 Å². The lowest BCUT2D eigenvalue weighted by Crippen LogP contribution is -2.11. The van der Waals surface area contributed by atoms with Gasteiger partial charge in [0.25, 0.3) is 0 Å². The summed E-state index contributed by atoms with van der Waals surface area (Å²) in [5.74, 6) is 0.784. The van der Waals surface area contributed by atoms with E-state index in [-0.39, 0.29) is 10.8 Å². The monoisotopic (exact) mass is 1090 g/mol. The molecule has 0 atom stereocenters. The van der Waals surface area contributed by atoms with Crippen LogP contribution in [0, 0.1) is 11.3 Å². The van der Waals surface area contributed by atoms with Gasteiger partial charge in [0, 0.05) is 83.0 Å². The number of anilines is 6. The van der Waals surface area contributed by atoms with Gasteiger partial charge in [-0.2, -0.15) is 5.26 Å². The number of benzene rings is 11. The van der Waals surface area contributed by atoms with E-state index in [9.17, 15) is 5.26 Å². The summed E-state index contributed by atoms with van der Waals surface area (Å²) in [7, 11) is 0. The fourth-order valence-corrected chi connectivity index (χ4v) is 13.1. The van der Waals surface area contributed by atoms with Crippen molar-refractivity contribution in [2.75, 3.05) is 9.80 Å². The Balaban J connectivity index is 0.852. The van der Waals surface area contributed by atoms with Crippen molar-refractivity contribution in [2.45, 2.75) is 91.9 Å². The Morgan fingerprint density at radius 1 is 0.357 bits per heavy atom. The molecule has 15 aromatic rings. The largest absolute Gasteiger partial charge is 0.456 e. The lowest BCUT2D eigenvalue weighted by molar-refractivity contribution is 0.572. The quantitative estimate of drug-likeness (QED) is 0.150. The minimum atomic E-state index is -0.107. The summed E-state index contributed by atoms with van der Waals surface area (Å²) >= 11 is 0. The van der Waals surface area contributed by atoms with Crippen LogP contribution in [-0.2, 0) is 10.8 Å². The van der Waals surface area contributed by atoms with Gasteiger partial charge in [-0.3, -0.25) is 0 Å². The van der Waals surface area contributed by atoms with Crippen LogP contribution in [0.25, 0.3) is 109 Å². The maximum absolute atomic E-state index is 11.2. The van der Waals surface area contributed by atoms with E-state index in [0.29, 0.717) is 39.7 Å². The highest BCUT2D eigenvalue weighted by molar-refractivity contribution is 6.22. The second-order valence-electron chi connectivity index (χ2n) is 25.6. The molecular formula is C77H63N3O4. The first kappa shape index (κ1) is 51.1. The van der Waals surface area contributed by atoms with Crippen molar-refractivity contribution in [1.29, 1.82) is 5.26 Å². The summed E-state index contributed by atoms with van der Waals surface area (Å²) in [4.78, 5) is 4.61. The molecule has 15 rings (SSSR count). The first-order chi connectivity index (χ1) is 40.5. The van der Waals surface area contributed by atoms with E-state index in [1.165, 1.54) is 22.3 Å². The molecule has 0 unspecified atom stereocenters. The molecule has 0 saturated carbocycles. The van der Waals surface area contributed by atoms with Crippen molar-refractivity contribution in [3.63, 3.8) is 0 Å². The van der Waals surface area contributed by atoms with E-state index in [1.54, 1.807) is 0 Å². The van der Waals surface area contributed by atoms with Gasteiger partial charge in [-0.15, -0.1) is 0 Å². The number of hydrogen-bond acceptors (Lipinski definition) is 7. The van der Waals surface area contributed by atoms with Crippen LogP contribution in [0.15, 0.2) is 206 Å². The average molecular weight is 1090 g/mol. The standard InChI is InChI=1S/C77H63N3O4/c1-43(2)45-23-29-51(30-24-45)79(64-21-13-17-57-55-15-11-19-62(76(5,6)7)72(55)83-74(57)64)53-33-27-47-37-59-66(39-49(47)35-53)81-68-41-69-71(61(42-78)70(59)68)60-38-48-28-34-54(36-50(48)40-67(60)82-69)80(52-31-25-46(26-32-52)44(3)4)65-22-14-18-58-56-16-12-20-63(77(8,9)10)73(56)84-75(58)65/h11-41,43-44H,1-10H3. The Morgan fingerprint density at radius 2 is 0.738 bits per heavy atom. The molecule has 0 radical (unpaired) electrons. The van der Waals surface area contributed by atoms with Gasteiger partial charge in [-0.1, -0.05) is 166 Å². The maximum Gasteiger partial charge on any atom is 0.159 e. The van der Waals surface area contributed by atoms with Gasteiger partial charge in [-0.25, -0.2) is 0 Å². The van der Waals surface area contributed by atoms with E-state index in [1.807, 2.05) is 6.07 Å². The second-order valence-corrected chi connectivity index (χ2v) is 25.6. The van der Waals surface area contributed by atoms with E-state index in [0.717, 1.165) is 121 Å². The zero-order valence-electron chi connectivity index (χ0n) is 49.0. The third-order valence-electron chi connectivity index (χ3n) is 17.4. The van der Waals surface area contributed by atoms with E-state index < -0.39 is 0 Å². The molecule has 0 bridgehead atoms. The zero-order valence-corrected chi connectivity index (χ0v) is 49.0. The smallest absolute Gasteiger partial charge is 0.159 e. The maximum atomic E-state index is 11.2. The second kappa shape index (κ2) is 18.6. The molecule has 11 aromatic carbocycles. The minimum absolute atomic E-state index is 0.107. The van der Waals surface area contributed by atoms with Crippen molar-refractivity contribution in [2.24, 2.45) is 0 Å². The topological polar surface area (TPSA) is 82.8 Å².